The van der Waals surface area contributed by atoms with Crippen molar-refractivity contribution in [1.82, 2.24) is 31.9 Å². The molecule has 1 rings (SSSR count). The van der Waals surface area contributed by atoms with E-state index in [4.69, 9.17) is 21.3 Å². The number of ether oxygens (including phenoxy) is 1. The van der Waals surface area contributed by atoms with Crippen LogP contribution < -0.4 is 48.1 Å². The van der Waals surface area contributed by atoms with Gasteiger partial charge in [0.2, 0.25) is 35.4 Å². The van der Waals surface area contributed by atoms with Gasteiger partial charge in [0.15, 0.2) is 12.4 Å². The lowest BCUT2D eigenvalue weighted by Gasteiger charge is -2.27. The third kappa shape index (κ3) is 20.2. The number of benzene rings is 1. The summed E-state index contributed by atoms with van der Waals surface area (Å²) < 4.78 is 5.09. The zero-order chi connectivity index (χ0) is 45.0. The molecule has 59 heavy (non-hydrogen) atoms. The maximum absolute atomic E-state index is 13.6. The number of hydrogen-bond donors (Lipinski definition) is 10. The number of ketones is 1. The summed E-state index contributed by atoms with van der Waals surface area (Å²) >= 11 is 0.931. The normalized spacial score (nSPS) is 15.0. The van der Waals surface area contributed by atoms with E-state index in [1.165, 1.54) is 26.0 Å². The summed E-state index contributed by atoms with van der Waals surface area (Å²) in [7, 11) is 0. The summed E-state index contributed by atoms with van der Waals surface area (Å²) in [5.74, 6) is -5.31. The van der Waals surface area contributed by atoms with Gasteiger partial charge in [-0.05, 0) is 56.3 Å². The fourth-order valence-electron chi connectivity index (χ4n) is 5.05. The third-order valence-electron chi connectivity index (χ3n) is 9.19. The molecule has 0 aromatic heterocycles. The number of primary amides is 1. The maximum Gasteiger partial charge on any atom is 0.341 e. The molecule has 0 radical (unpaired) electrons. The molecule has 7 atom stereocenters. The highest BCUT2D eigenvalue weighted by molar-refractivity contribution is 8.00. The maximum atomic E-state index is 13.6. The number of carbonyl (C=O) groups excluding carboxylic acids is 7. The molecule has 0 saturated heterocycles. The molecule has 19 nitrogen and oxygen atoms in total. The molecule has 0 heterocycles. The second-order valence-corrected chi connectivity index (χ2v) is 16.8. The lowest BCUT2D eigenvalue weighted by Crippen LogP contribution is -2.58. The first-order valence-corrected chi connectivity index (χ1v) is 20.5. The van der Waals surface area contributed by atoms with Crippen molar-refractivity contribution >= 4 is 59.0 Å². The van der Waals surface area contributed by atoms with E-state index in [1.54, 1.807) is 32.9 Å². The van der Waals surface area contributed by atoms with Crippen LogP contribution in [0.4, 0.5) is 0 Å². The molecule has 12 N–H and O–H groups in total. The molecular formula is C39H64N8O11S. The van der Waals surface area contributed by atoms with Gasteiger partial charge in [0.05, 0.1) is 17.9 Å². The number of carbonyl (C=O) groups is 8. The number of carboxylic acid groups (broad SMARTS) is 1. The van der Waals surface area contributed by atoms with Gasteiger partial charge in [-0.25, -0.2) is 4.79 Å². The van der Waals surface area contributed by atoms with Gasteiger partial charge in [-0.3, -0.25) is 33.6 Å². The second kappa shape index (κ2) is 25.6. The van der Waals surface area contributed by atoms with E-state index in [0.29, 0.717) is 12.1 Å². The predicted octanol–water partition coefficient (Wildman–Crippen LogP) is -1.42. The number of aliphatic carboxylic acids is 1. The van der Waals surface area contributed by atoms with Crippen LogP contribution in [0.25, 0.3) is 0 Å². The minimum absolute atomic E-state index is 0.0330. The van der Waals surface area contributed by atoms with Gasteiger partial charge >= 0.3 is 5.97 Å². The molecule has 0 unspecified atom stereocenters. The molecule has 6 amide bonds. The molecule has 0 aliphatic heterocycles. The quantitative estimate of drug-likeness (QED) is 0.0486. The number of hydrogen-bond acceptors (Lipinski definition) is 13. The number of aliphatic hydroxyl groups is 1. The monoisotopic (exact) mass is 852 g/mol. The highest BCUT2D eigenvalue weighted by Gasteiger charge is 2.31. The Labute approximate surface area is 350 Å². The van der Waals surface area contributed by atoms with Crippen LogP contribution in [0.1, 0.15) is 67.4 Å². The summed E-state index contributed by atoms with van der Waals surface area (Å²) in [5, 5.41) is 35.3. The molecule has 0 bridgehead atoms. The fourth-order valence-corrected chi connectivity index (χ4v) is 5.91. The number of aliphatic hydroxyl groups excluding tert-OH is 1. The SMILES string of the molecule is CC(=O)[C@H](CCNC(=O)C(C)(C)C)NC(=O)[C@H](CSCC(=O)N[C@@H](CN)C(=O)N[C@@H](Cc1ccc(OCC(=O)O)cc1)C(N)=O)NC(=O)[C@@H](NC[C@@H](C)C(C)C)[C@@H](C)O. The van der Waals surface area contributed by atoms with Crippen LogP contribution >= 0.6 is 11.8 Å². The smallest absolute Gasteiger partial charge is 0.341 e. The van der Waals surface area contributed by atoms with Crippen LogP contribution in [0, 0.1) is 17.3 Å². The van der Waals surface area contributed by atoms with Crippen LogP contribution in [-0.4, -0.2) is 131 Å². The number of carboxylic acids is 1. The van der Waals surface area contributed by atoms with Crippen LogP contribution in [0.3, 0.4) is 0 Å². The molecule has 1 aromatic rings. The average molecular weight is 853 g/mol. The molecule has 0 spiro atoms. The van der Waals surface area contributed by atoms with Crippen molar-refractivity contribution in [3.05, 3.63) is 29.8 Å². The molecule has 332 valence electrons. The number of nitrogens with two attached hydrogens (primary N) is 2. The highest BCUT2D eigenvalue weighted by Crippen LogP contribution is 2.15. The van der Waals surface area contributed by atoms with Crippen molar-refractivity contribution < 1.29 is 53.3 Å². The second-order valence-electron chi connectivity index (χ2n) is 15.7. The van der Waals surface area contributed by atoms with Crippen LogP contribution in [0.5, 0.6) is 5.75 Å². The summed E-state index contributed by atoms with van der Waals surface area (Å²) in [4.78, 5) is 101. The zero-order valence-corrected chi connectivity index (χ0v) is 36.0. The van der Waals surface area contributed by atoms with E-state index in [9.17, 15) is 43.5 Å². The van der Waals surface area contributed by atoms with Crippen molar-refractivity contribution in [2.75, 3.05) is 37.7 Å². The lowest BCUT2D eigenvalue weighted by molar-refractivity contribution is -0.139. The number of thioether (sulfide) groups is 1. The Kier molecular flexibility index (Phi) is 22.7. The fraction of sp³-hybridized carbons (Fsp3) is 0.641. The van der Waals surface area contributed by atoms with Gasteiger partial charge in [-0.1, -0.05) is 53.7 Å². The van der Waals surface area contributed by atoms with E-state index in [1.807, 2.05) is 20.8 Å². The van der Waals surface area contributed by atoms with Crippen LogP contribution in [0.2, 0.25) is 0 Å². The minimum atomic E-state index is -1.29. The average Bonchev–Trinajstić information content (AvgIpc) is 3.14. The van der Waals surface area contributed by atoms with Gasteiger partial charge < -0.3 is 58.3 Å². The van der Waals surface area contributed by atoms with Crippen molar-refractivity contribution in [2.24, 2.45) is 28.7 Å². The summed E-state index contributed by atoms with van der Waals surface area (Å²) in [6.45, 7) is 13.5. The Hall–Kier alpha value is -4.79. The zero-order valence-electron chi connectivity index (χ0n) is 35.2. The van der Waals surface area contributed by atoms with Crippen molar-refractivity contribution in [1.29, 1.82) is 0 Å². The van der Waals surface area contributed by atoms with Crippen molar-refractivity contribution in [3.63, 3.8) is 0 Å². The first-order chi connectivity index (χ1) is 27.5. The highest BCUT2D eigenvalue weighted by atomic mass is 32.2. The van der Waals surface area contributed by atoms with Gasteiger partial charge in [-0.15, -0.1) is 11.8 Å². The first kappa shape index (κ1) is 52.2. The number of nitrogens with one attached hydrogen (secondary N) is 6. The lowest BCUT2D eigenvalue weighted by atomic mass is 9.95. The van der Waals surface area contributed by atoms with Gasteiger partial charge in [-0.2, -0.15) is 0 Å². The Bertz CT molecular complexity index is 1590. The molecule has 1 aromatic carbocycles. The van der Waals surface area contributed by atoms with Crippen molar-refractivity contribution in [2.45, 2.75) is 105 Å². The van der Waals surface area contributed by atoms with E-state index in [0.717, 1.165) is 11.8 Å². The molecule has 20 heteroatoms. The molecule has 0 fully saturated rings. The Balaban J connectivity index is 3.06. The molecule has 0 saturated carbocycles. The Morgan fingerprint density at radius 1 is 0.831 bits per heavy atom. The van der Waals surface area contributed by atoms with Crippen LogP contribution in [-0.2, 0) is 44.8 Å². The third-order valence-corrected chi connectivity index (χ3v) is 10.2. The summed E-state index contributed by atoms with van der Waals surface area (Å²) in [6, 6.07) is 0.238. The van der Waals surface area contributed by atoms with E-state index >= 15 is 0 Å². The largest absolute Gasteiger partial charge is 0.482 e. The van der Waals surface area contributed by atoms with Gasteiger partial charge in [0.1, 0.15) is 29.9 Å². The molecule has 0 aliphatic carbocycles. The summed E-state index contributed by atoms with van der Waals surface area (Å²) in [6.07, 6.45) is -1.11. The number of amides is 6. The van der Waals surface area contributed by atoms with E-state index in [2.05, 4.69) is 31.9 Å². The number of Topliss-reactive ketones (excluding diaryl/α,β-unsaturated/α-hetero) is 1. The minimum Gasteiger partial charge on any atom is -0.482 e. The molecule has 0 aliphatic rings. The van der Waals surface area contributed by atoms with Gasteiger partial charge in [0, 0.05) is 30.7 Å². The van der Waals surface area contributed by atoms with E-state index in [-0.39, 0.29) is 60.9 Å². The Morgan fingerprint density at radius 3 is 1.92 bits per heavy atom. The standard InChI is InChI=1S/C39H64N8O11S/c1-21(2)22(3)17-43-33(24(5)49)37(56)47-30(36(55)45-27(23(4)48)13-14-42-38(57)39(6,7)8)19-59-20-31(50)44-29(16-40)35(54)46-28(34(41)53)15-25-9-11-26(12-10-25)58-18-32(51)52/h9-12,21-22,24,27-30,33,43,49H,13-20,40H2,1-8H3,(H2,41,53)(H,42,57)(H,44,50)(H,45,55)(H,46,54)(H,47,56)(H,51,52)/t22-,24-,27+,28+,29+,30+,33+/m1/s1. The first-order valence-electron chi connectivity index (χ1n) is 19.4. The predicted molar refractivity (Wildman–Crippen MR) is 222 cm³/mol. The van der Waals surface area contributed by atoms with E-state index < -0.39 is 89.6 Å². The topological polar surface area (TPSA) is 310 Å². The Morgan fingerprint density at radius 2 is 1.41 bits per heavy atom. The van der Waals surface area contributed by atoms with Gasteiger partial charge in [0.25, 0.3) is 0 Å². The van der Waals surface area contributed by atoms with Crippen molar-refractivity contribution in [3.8, 4) is 5.75 Å². The molecular weight excluding hydrogens is 789 g/mol. The van der Waals surface area contributed by atoms with Crippen LogP contribution in [0.15, 0.2) is 24.3 Å². The number of rotatable bonds is 27. The summed E-state index contributed by atoms with van der Waals surface area (Å²) in [5.41, 5.74) is 11.2.